The van der Waals surface area contributed by atoms with E-state index in [-0.39, 0.29) is 23.5 Å². The molecular weight excluding hydrogens is 254 g/mol. The Bertz CT molecular complexity index is 326. The van der Waals surface area contributed by atoms with Crippen LogP contribution < -0.4 is 5.32 Å². The minimum absolute atomic E-state index is 0.0351. The first-order valence-corrected chi connectivity index (χ1v) is 7.85. The summed E-state index contributed by atoms with van der Waals surface area (Å²) in [6.07, 6.45) is 5.45. The second-order valence-electron chi connectivity index (χ2n) is 4.89. The summed E-state index contributed by atoms with van der Waals surface area (Å²) in [6, 6.07) is 0.208. The van der Waals surface area contributed by atoms with Crippen molar-refractivity contribution in [3.63, 3.8) is 0 Å². The molecule has 1 saturated carbocycles. The van der Waals surface area contributed by atoms with Crippen molar-refractivity contribution >= 4 is 22.7 Å². The first-order chi connectivity index (χ1) is 8.49. The predicted molar refractivity (Wildman–Crippen MR) is 69.7 cm³/mol. The molecule has 5 nitrogen and oxygen atoms in total. The lowest BCUT2D eigenvalue weighted by atomic mass is 9.95. The van der Waals surface area contributed by atoms with E-state index >= 15 is 0 Å². The molecule has 18 heavy (non-hydrogen) atoms. The van der Waals surface area contributed by atoms with Gasteiger partial charge in [0.05, 0.1) is 5.92 Å². The third-order valence-corrected chi connectivity index (χ3v) is 4.58. The molecule has 2 N–H and O–H groups in total. The molecule has 2 atom stereocenters. The Kier molecular flexibility index (Phi) is 6.32. The Balaban J connectivity index is 2.26. The van der Waals surface area contributed by atoms with Gasteiger partial charge in [-0.25, -0.2) is 0 Å². The van der Waals surface area contributed by atoms with E-state index in [2.05, 4.69) is 5.32 Å². The molecule has 6 heteroatoms. The number of carboxylic acids is 1. The van der Waals surface area contributed by atoms with Crippen molar-refractivity contribution in [1.29, 1.82) is 0 Å². The summed E-state index contributed by atoms with van der Waals surface area (Å²) < 4.78 is 11.6. The van der Waals surface area contributed by atoms with E-state index in [0.717, 1.165) is 25.7 Å². The summed E-state index contributed by atoms with van der Waals surface area (Å²) in [7, 11) is -1.40. The molecular formula is C12H21NO4S. The first kappa shape index (κ1) is 15.1. The second-order valence-corrected chi connectivity index (χ2v) is 6.39. The van der Waals surface area contributed by atoms with Gasteiger partial charge in [-0.2, -0.15) is 0 Å². The Labute approximate surface area is 110 Å². The van der Waals surface area contributed by atoms with Gasteiger partial charge in [-0.15, -0.1) is 0 Å². The van der Waals surface area contributed by atoms with Gasteiger partial charge in [0.15, 0.2) is 0 Å². The van der Waals surface area contributed by atoms with Gasteiger partial charge >= 0.3 is 5.97 Å². The predicted octanol–water partition coefficient (Wildman–Crippen LogP) is 0.905. The summed E-state index contributed by atoms with van der Waals surface area (Å²) in [5.74, 6) is -1.93. The molecule has 1 rings (SSSR count). The molecule has 0 aromatic carbocycles. The molecule has 0 saturated heterocycles. The van der Waals surface area contributed by atoms with Crippen molar-refractivity contribution in [3.8, 4) is 0 Å². The maximum Gasteiger partial charge on any atom is 0.307 e. The van der Waals surface area contributed by atoms with Crippen molar-refractivity contribution in [2.75, 3.05) is 11.5 Å². The van der Waals surface area contributed by atoms with Crippen molar-refractivity contribution in [3.05, 3.63) is 0 Å². The van der Waals surface area contributed by atoms with Gasteiger partial charge in [0.1, 0.15) is 5.75 Å². The standard InChI is InChI=1S/C12H21NO4S/c1-9(12(15)16)7-18(17)8-11(14)13-10-5-3-2-4-6-10/h9-10H,2-8H2,1H3,(H,13,14)(H,15,16). The zero-order chi connectivity index (χ0) is 13.5. The number of hydrogen-bond acceptors (Lipinski definition) is 3. The summed E-state index contributed by atoms with van der Waals surface area (Å²) >= 11 is 0. The highest BCUT2D eigenvalue weighted by molar-refractivity contribution is 7.85. The monoisotopic (exact) mass is 275 g/mol. The first-order valence-electron chi connectivity index (χ1n) is 6.36. The van der Waals surface area contributed by atoms with Gasteiger partial charge in [-0.1, -0.05) is 26.2 Å². The Morgan fingerprint density at radius 3 is 2.50 bits per heavy atom. The average molecular weight is 275 g/mol. The fourth-order valence-corrected chi connectivity index (χ4v) is 3.27. The van der Waals surface area contributed by atoms with Crippen LogP contribution in [-0.4, -0.2) is 38.7 Å². The molecule has 1 amide bonds. The third-order valence-electron chi connectivity index (χ3n) is 3.12. The lowest BCUT2D eigenvalue weighted by Crippen LogP contribution is -2.39. The molecule has 0 aromatic rings. The molecule has 0 heterocycles. The van der Waals surface area contributed by atoms with Crippen LogP contribution in [0, 0.1) is 5.92 Å². The van der Waals surface area contributed by atoms with Crippen LogP contribution >= 0.6 is 0 Å². The van der Waals surface area contributed by atoms with E-state index in [4.69, 9.17) is 5.11 Å². The minimum Gasteiger partial charge on any atom is -0.481 e. The van der Waals surface area contributed by atoms with Crippen LogP contribution in [0.1, 0.15) is 39.0 Å². The van der Waals surface area contributed by atoms with Crippen LogP contribution in [0.15, 0.2) is 0 Å². The maximum atomic E-state index is 11.6. The van der Waals surface area contributed by atoms with E-state index in [0.29, 0.717) is 0 Å². The number of amides is 1. The van der Waals surface area contributed by atoms with E-state index in [9.17, 15) is 13.8 Å². The molecule has 0 spiro atoms. The van der Waals surface area contributed by atoms with Gasteiger partial charge in [-0.3, -0.25) is 13.8 Å². The van der Waals surface area contributed by atoms with E-state index in [1.165, 1.54) is 13.3 Å². The average Bonchev–Trinajstić information content (AvgIpc) is 2.29. The smallest absolute Gasteiger partial charge is 0.307 e. The van der Waals surface area contributed by atoms with Crippen molar-refractivity contribution < 1.29 is 18.9 Å². The normalized spacial score (nSPS) is 20.1. The highest BCUT2D eigenvalue weighted by Gasteiger charge is 2.19. The van der Waals surface area contributed by atoms with Gasteiger partial charge < -0.3 is 10.4 Å². The number of rotatable bonds is 6. The maximum absolute atomic E-state index is 11.6. The lowest BCUT2D eigenvalue weighted by Gasteiger charge is -2.22. The lowest BCUT2D eigenvalue weighted by molar-refractivity contribution is -0.140. The zero-order valence-electron chi connectivity index (χ0n) is 10.7. The molecule has 1 aliphatic rings. The SMILES string of the molecule is CC(CS(=O)CC(=O)NC1CCCCC1)C(=O)O. The number of aliphatic carboxylic acids is 1. The Hall–Kier alpha value is -0.910. The van der Waals surface area contributed by atoms with E-state index < -0.39 is 22.7 Å². The Morgan fingerprint density at radius 1 is 1.33 bits per heavy atom. The molecule has 2 unspecified atom stereocenters. The summed E-state index contributed by atoms with van der Waals surface area (Å²) in [6.45, 7) is 1.50. The quantitative estimate of drug-likeness (QED) is 0.754. The van der Waals surface area contributed by atoms with Crippen LogP contribution in [0.3, 0.4) is 0 Å². The van der Waals surface area contributed by atoms with Gasteiger partial charge in [0, 0.05) is 22.6 Å². The van der Waals surface area contributed by atoms with Crippen LogP contribution in [0.2, 0.25) is 0 Å². The van der Waals surface area contributed by atoms with Crippen molar-refractivity contribution in [1.82, 2.24) is 5.32 Å². The van der Waals surface area contributed by atoms with Crippen molar-refractivity contribution in [2.24, 2.45) is 5.92 Å². The third kappa shape index (κ3) is 5.62. The largest absolute Gasteiger partial charge is 0.481 e. The number of nitrogens with one attached hydrogen (secondary N) is 1. The summed E-state index contributed by atoms with van der Waals surface area (Å²) in [5, 5.41) is 11.6. The van der Waals surface area contributed by atoms with Crippen LogP contribution in [0.25, 0.3) is 0 Å². The van der Waals surface area contributed by atoms with Crippen LogP contribution in [0.4, 0.5) is 0 Å². The number of carbonyl (C=O) groups is 2. The topological polar surface area (TPSA) is 83.5 Å². The molecule has 104 valence electrons. The van der Waals surface area contributed by atoms with Gasteiger partial charge in [0.25, 0.3) is 0 Å². The summed E-state index contributed by atoms with van der Waals surface area (Å²) in [5.41, 5.74) is 0. The number of carbonyl (C=O) groups excluding carboxylic acids is 1. The molecule has 1 aliphatic carbocycles. The minimum atomic E-state index is -1.40. The van der Waals surface area contributed by atoms with E-state index in [1.807, 2.05) is 0 Å². The summed E-state index contributed by atoms with van der Waals surface area (Å²) in [4.78, 5) is 22.2. The zero-order valence-corrected chi connectivity index (χ0v) is 11.5. The van der Waals surface area contributed by atoms with Gasteiger partial charge in [0.2, 0.25) is 5.91 Å². The fraction of sp³-hybridized carbons (Fsp3) is 0.833. The molecule has 0 aliphatic heterocycles. The highest BCUT2D eigenvalue weighted by Crippen LogP contribution is 2.17. The number of hydrogen-bond donors (Lipinski definition) is 2. The fourth-order valence-electron chi connectivity index (χ4n) is 2.07. The number of carboxylic acid groups (broad SMARTS) is 1. The molecule has 0 radical (unpaired) electrons. The molecule has 0 aromatic heterocycles. The van der Waals surface area contributed by atoms with Crippen LogP contribution in [-0.2, 0) is 20.4 Å². The van der Waals surface area contributed by atoms with Crippen molar-refractivity contribution in [2.45, 2.75) is 45.1 Å². The Morgan fingerprint density at radius 2 is 1.94 bits per heavy atom. The molecule has 0 bridgehead atoms. The highest BCUT2D eigenvalue weighted by atomic mass is 32.2. The van der Waals surface area contributed by atoms with Crippen LogP contribution in [0.5, 0.6) is 0 Å². The second kappa shape index (κ2) is 7.51. The molecule has 1 fully saturated rings. The van der Waals surface area contributed by atoms with E-state index in [1.54, 1.807) is 0 Å². The van der Waals surface area contributed by atoms with Gasteiger partial charge in [-0.05, 0) is 12.8 Å².